The van der Waals surface area contributed by atoms with E-state index in [1.54, 1.807) is 50.2 Å². The van der Waals surface area contributed by atoms with E-state index in [1.807, 2.05) is 0 Å². The summed E-state index contributed by atoms with van der Waals surface area (Å²) in [4.78, 5) is 28.7. The van der Waals surface area contributed by atoms with Gasteiger partial charge in [0.25, 0.3) is 15.9 Å². The quantitative estimate of drug-likeness (QED) is 0.701. The minimum absolute atomic E-state index is 0.128. The fraction of sp³-hybridized carbons (Fsp3) is 0.211. The minimum atomic E-state index is -3.67. The first-order chi connectivity index (χ1) is 13.7. The van der Waals surface area contributed by atoms with Crippen molar-refractivity contribution in [3.63, 3.8) is 0 Å². The molecule has 0 aromatic heterocycles. The first kappa shape index (κ1) is 18.9. The Kier molecular flexibility index (Phi) is 4.50. The lowest BCUT2D eigenvalue weighted by atomic mass is 10.2. The Morgan fingerprint density at radius 2 is 2.00 bits per heavy atom. The number of anilines is 2. The largest absolute Gasteiger partial charge is 0.479 e. The highest BCUT2D eigenvalue weighted by atomic mass is 32.2. The second kappa shape index (κ2) is 6.89. The lowest BCUT2D eigenvalue weighted by molar-refractivity contribution is -0.122. The van der Waals surface area contributed by atoms with Crippen molar-refractivity contribution < 1.29 is 22.7 Å². The number of nitrogens with one attached hydrogen (secondary N) is 3. The zero-order chi connectivity index (χ0) is 20.8. The Bertz CT molecular complexity index is 1160. The van der Waals surface area contributed by atoms with Crippen LogP contribution in [0.5, 0.6) is 5.75 Å². The van der Waals surface area contributed by atoms with Crippen LogP contribution in [0.15, 0.2) is 52.4 Å². The van der Waals surface area contributed by atoms with Gasteiger partial charge in [-0.05, 0) is 44.2 Å². The number of carbonyl (C=O) groups is 2. The molecule has 0 saturated heterocycles. The van der Waals surface area contributed by atoms with Crippen molar-refractivity contribution in [2.45, 2.75) is 30.9 Å². The minimum Gasteiger partial charge on any atom is -0.479 e. The van der Waals surface area contributed by atoms with E-state index in [4.69, 9.17) is 4.74 Å². The number of hydrogen-bond acceptors (Lipinski definition) is 6. The van der Waals surface area contributed by atoms with E-state index in [-0.39, 0.29) is 16.6 Å². The molecule has 0 aliphatic carbocycles. The van der Waals surface area contributed by atoms with Gasteiger partial charge in [0, 0.05) is 11.3 Å². The molecule has 0 spiro atoms. The number of nitrogens with zero attached hydrogens (tertiary/aromatic N) is 1. The van der Waals surface area contributed by atoms with Crippen LogP contribution in [0, 0.1) is 0 Å². The van der Waals surface area contributed by atoms with Crippen molar-refractivity contribution in [2.24, 2.45) is 4.99 Å². The molecule has 4 rings (SSSR count). The molecule has 0 radical (unpaired) electrons. The van der Waals surface area contributed by atoms with Crippen LogP contribution in [-0.4, -0.2) is 38.2 Å². The number of fused-ring (bicyclic) bond motifs is 2. The van der Waals surface area contributed by atoms with Gasteiger partial charge in [-0.2, -0.15) is 0 Å². The summed E-state index contributed by atoms with van der Waals surface area (Å²) in [5.74, 6) is -0.0610. The van der Waals surface area contributed by atoms with Gasteiger partial charge < -0.3 is 15.4 Å². The fourth-order valence-corrected chi connectivity index (χ4v) is 4.25. The molecule has 9 nitrogen and oxygen atoms in total. The molecule has 2 aromatic carbocycles. The number of amides is 2. The highest BCUT2D eigenvalue weighted by molar-refractivity contribution is 7.90. The summed E-state index contributed by atoms with van der Waals surface area (Å²) in [7, 11) is -3.67. The van der Waals surface area contributed by atoms with Crippen molar-refractivity contribution >= 4 is 39.0 Å². The van der Waals surface area contributed by atoms with Crippen molar-refractivity contribution in [3.05, 3.63) is 48.0 Å². The van der Waals surface area contributed by atoms with Crippen LogP contribution in [0.1, 0.15) is 19.4 Å². The van der Waals surface area contributed by atoms with Crippen molar-refractivity contribution in [2.75, 3.05) is 10.6 Å². The van der Waals surface area contributed by atoms with Crippen LogP contribution in [-0.2, 0) is 19.6 Å². The van der Waals surface area contributed by atoms with Crippen LogP contribution in [0.3, 0.4) is 0 Å². The molecular formula is C19H18N4O5S. The molecule has 150 valence electrons. The standard InChI is InChI=1S/C19H18N4O5S/c1-10(20-17-13-5-3-4-6-16(13)29(26,27)23-17)18(24)21-12-7-8-15-14(9-12)22-19(25)11(2)28-15/h3-11H,1-2H3,(H,20,23)(H,21,24)(H,22,25)/t10-,11-/m0/s1. The third-order valence-electron chi connectivity index (χ3n) is 4.54. The number of carbonyl (C=O) groups excluding carboxylic acids is 2. The van der Waals surface area contributed by atoms with Gasteiger partial charge in [0.15, 0.2) is 6.10 Å². The number of aliphatic imine (C=N–C) groups is 1. The normalized spacial score (nSPS) is 21.2. The third-order valence-corrected chi connectivity index (χ3v) is 5.94. The molecule has 2 atom stereocenters. The van der Waals surface area contributed by atoms with Crippen LogP contribution in [0.25, 0.3) is 0 Å². The van der Waals surface area contributed by atoms with Gasteiger partial charge in [-0.1, -0.05) is 12.1 Å². The molecular weight excluding hydrogens is 396 g/mol. The molecule has 2 aliphatic heterocycles. The molecule has 2 amide bonds. The van der Waals surface area contributed by atoms with E-state index >= 15 is 0 Å². The summed E-state index contributed by atoms with van der Waals surface area (Å²) in [6, 6.07) is 10.5. The van der Waals surface area contributed by atoms with E-state index in [2.05, 4.69) is 20.3 Å². The zero-order valence-corrected chi connectivity index (χ0v) is 16.4. The highest BCUT2D eigenvalue weighted by Gasteiger charge is 2.31. The Morgan fingerprint density at radius 1 is 1.24 bits per heavy atom. The predicted molar refractivity (Wildman–Crippen MR) is 107 cm³/mol. The SMILES string of the molecule is C[C@H](N=C1NS(=O)(=O)c2ccccc21)C(=O)Nc1ccc2c(c1)NC(=O)[C@H](C)O2. The molecule has 2 aliphatic rings. The Hall–Kier alpha value is -3.40. The van der Waals surface area contributed by atoms with Gasteiger partial charge >= 0.3 is 0 Å². The summed E-state index contributed by atoms with van der Waals surface area (Å²) >= 11 is 0. The Balaban J connectivity index is 1.52. The van der Waals surface area contributed by atoms with E-state index in [1.165, 1.54) is 6.07 Å². The number of benzene rings is 2. The van der Waals surface area contributed by atoms with Crippen molar-refractivity contribution in [1.82, 2.24) is 4.72 Å². The third kappa shape index (κ3) is 3.54. The zero-order valence-electron chi connectivity index (χ0n) is 15.6. The van der Waals surface area contributed by atoms with E-state index in [0.29, 0.717) is 22.7 Å². The van der Waals surface area contributed by atoms with Crippen LogP contribution in [0.2, 0.25) is 0 Å². The van der Waals surface area contributed by atoms with Gasteiger partial charge in [0.2, 0.25) is 5.91 Å². The lowest BCUT2D eigenvalue weighted by Crippen LogP contribution is -2.34. The number of amidine groups is 1. The number of rotatable bonds is 3. The van der Waals surface area contributed by atoms with Gasteiger partial charge in [-0.15, -0.1) is 0 Å². The number of sulfonamides is 1. The van der Waals surface area contributed by atoms with E-state index in [9.17, 15) is 18.0 Å². The molecule has 2 heterocycles. The molecule has 0 unspecified atom stereocenters. The summed E-state index contributed by atoms with van der Waals surface area (Å²) in [5.41, 5.74) is 1.34. The maximum atomic E-state index is 12.5. The molecule has 10 heteroatoms. The fourth-order valence-electron chi connectivity index (χ4n) is 3.02. The first-order valence-electron chi connectivity index (χ1n) is 8.87. The van der Waals surface area contributed by atoms with Gasteiger partial charge in [-0.3, -0.25) is 19.3 Å². The summed E-state index contributed by atoms with van der Waals surface area (Å²) < 4.78 is 32.2. The molecule has 0 bridgehead atoms. The van der Waals surface area contributed by atoms with Crippen molar-refractivity contribution in [1.29, 1.82) is 0 Å². The summed E-state index contributed by atoms with van der Waals surface area (Å²) in [6.07, 6.45) is -0.586. The summed E-state index contributed by atoms with van der Waals surface area (Å²) in [5, 5.41) is 5.42. The molecule has 0 saturated carbocycles. The van der Waals surface area contributed by atoms with Crippen LogP contribution >= 0.6 is 0 Å². The Labute approximate surface area is 167 Å². The summed E-state index contributed by atoms with van der Waals surface area (Å²) in [6.45, 7) is 3.20. The maximum Gasteiger partial charge on any atom is 0.265 e. The highest BCUT2D eigenvalue weighted by Crippen LogP contribution is 2.32. The van der Waals surface area contributed by atoms with Crippen LogP contribution in [0.4, 0.5) is 11.4 Å². The topological polar surface area (TPSA) is 126 Å². The maximum absolute atomic E-state index is 12.5. The second-order valence-corrected chi connectivity index (χ2v) is 8.36. The monoisotopic (exact) mass is 414 g/mol. The van der Waals surface area contributed by atoms with Gasteiger partial charge in [-0.25, -0.2) is 8.42 Å². The van der Waals surface area contributed by atoms with Crippen molar-refractivity contribution in [3.8, 4) is 5.75 Å². The lowest BCUT2D eigenvalue weighted by Gasteiger charge is -2.23. The van der Waals surface area contributed by atoms with Crippen LogP contribution < -0.4 is 20.1 Å². The molecule has 3 N–H and O–H groups in total. The predicted octanol–water partition coefficient (Wildman–Crippen LogP) is 1.47. The van der Waals surface area contributed by atoms with E-state index < -0.39 is 28.1 Å². The van der Waals surface area contributed by atoms with Gasteiger partial charge in [0.05, 0.1) is 10.6 Å². The number of ether oxygens (including phenoxy) is 1. The average molecular weight is 414 g/mol. The second-order valence-electron chi connectivity index (χ2n) is 6.70. The smallest absolute Gasteiger partial charge is 0.265 e. The molecule has 2 aromatic rings. The first-order valence-corrected chi connectivity index (χ1v) is 10.4. The molecule has 0 fully saturated rings. The van der Waals surface area contributed by atoms with E-state index in [0.717, 1.165) is 0 Å². The average Bonchev–Trinajstić information content (AvgIpc) is 2.93. The molecule has 29 heavy (non-hydrogen) atoms. The Morgan fingerprint density at radius 3 is 2.79 bits per heavy atom. The van der Waals surface area contributed by atoms with Gasteiger partial charge in [0.1, 0.15) is 17.6 Å². The number of hydrogen-bond donors (Lipinski definition) is 3.